The SMILES string of the molecule is Cc1ccccc1-c1cnc(N(C)c2ccc(Cl)cc2)nc1N[C@@H](Cc1ccc(OC(=O)N(C)C)cc1)C(=O)O. The number of hydrogen-bond donors (Lipinski definition) is 2. The molecule has 206 valence electrons. The van der Waals surface area contributed by atoms with Gasteiger partial charge in [0.25, 0.3) is 0 Å². The summed E-state index contributed by atoms with van der Waals surface area (Å²) in [5, 5.41) is 13.9. The number of nitrogens with zero attached hydrogens (tertiary/aromatic N) is 4. The summed E-state index contributed by atoms with van der Waals surface area (Å²) in [7, 11) is 5.02. The largest absolute Gasteiger partial charge is 0.480 e. The lowest BCUT2D eigenvalue weighted by Crippen LogP contribution is -2.32. The van der Waals surface area contributed by atoms with Crippen molar-refractivity contribution < 1.29 is 19.4 Å². The van der Waals surface area contributed by atoms with Gasteiger partial charge in [-0.25, -0.2) is 14.6 Å². The lowest BCUT2D eigenvalue weighted by atomic mass is 10.0. The molecular formula is C30H30ClN5O4. The summed E-state index contributed by atoms with van der Waals surface area (Å²) in [5.74, 6) is 0.113. The van der Waals surface area contributed by atoms with Gasteiger partial charge >= 0.3 is 12.1 Å². The first-order valence-electron chi connectivity index (χ1n) is 12.5. The number of benzene rings is 3. The Morgan fingerprint density at radius 2 is 1.65 bits per heavy atom. The standard InChI is InChI=1S/C30H30ClN5O4/c1-19-7-5-6-8-24(19)25-18-32-29(36(4)22-13-11-21(31)12-14-22)34-27(25)33-26(28(37)38)17-20-9-15-23(16-10-20)40-30(39)35(2)3/h5-16,18,26H,17H2,1-4H3,(H,37,38)(H,32,33,34)/t26-/m0/s1. The van der Waals surface area contributed by atoms with E-state index in [0.29, 0.717) is 28.1 Å². The molecule has 0 bridgehead atoms. The summed E-state index contributed by atoms with van der Waals surface area (Å²) in [4.78, 5) is 36.7. The molecular weight excluding hydrogens is 530 g/mol. The molecule has 1 heterocycles. The molecule has 10 heteroatoms. The predicted octanol–water partition coefficient (Wildman–Crippen LogP) is 6.04. The van der Waals surface area contributed by atoms with Crippen LogP contribution in [0.15, 0.2) is 79.0 Å². The molecule has 0 aliphatic heterocycles. The van der Waals surface area contributed by atoms with Crippen molar-refractivity contribution in [1.82, 2.24) is 14.9 Å². The van der Waals surface area contributed by atoms with Crippen molar-refractivity contribution in [2.45, 2.75) is 19.4 Å². The highest BCUT2D eigenvalue weighted by atomic mass is 35.5. The third kappa shape index (κ3) is 6.86. The van der Waals surface area contributed by atoms with E-state index in [1.54, 1.807) is 61.6 Å². The van der Waals surface area contributed by atoms with Gasteiger partial charge < -0.3 is 25.0 Å². The van der Waals surface area contributed by atoms with E-state index in [-0.39, 0.29) is 6.42 Å². The average molecular weight is 560 g/mol. The van der Waals surface area contributed by atoms with Crippen molar-refractivity contribution in [3.05, 3.63) is 95.1 Å². The van der Waals surface area contributed by atoms with Crippen LogP contribution >= 0.6 is 11.6 Å². The number of anilines is 3. The molecule has 2 N–H and O–H groups in total. The molecule has 9 nitrogen and oxygen atoms in total. The molecule has 0 saturated carbocycles. The molecule has 1 aromatic heterocycles. The monoisotopic (exact) mass is 559 g/mol. The third-order valence-corrected chi connectivity index (χ3v) is 6.52. The van der Waals surface area contributed by atoms with E-state index in [4.69, 9.17) is 21.3 Å². The number of carboxylic acid groups (broad SMARTS) is 1. The maximum Gasteiger partial charge on any atom is 0.414 e. The number of aryl methyl sites for hydroxylation is 1. The van der Waals surface area contributed by atoms with Crippen molar-refractivity contribution in [2.24, 2.45) is 0 Å². The molecule has 0 aliphatic carbocycles. The van der Waals surface area contributed by atoms with Gasteiger partial charge in [-0.1, -0.05) is 48.0 Å². The van der Waals surface area contributed by atoms with E-state index >= 15 is 0 Å². The van der Waals surface area contributed by atoms with Crippen LogP contribution in [0, 0.1) is 6.92 Å². The number of carboxylic acids is 1. The fourth-order valence-electron chi connectivity index (χ4n) is 3.98. The van der Waals surface area contributed by atoms with Gasteiger partial charge in [0.2, 0.25) is 5.95 Å². The zero-order valence-electron chi connectivity index (χ0n) is 22.6. The number of amides is 1. The summed E-state index contributed by atoms with van der Waals surface area (Å²) in [6.45, 7) is 1.98. The van der Waals surface area contributed by atoms with E-state index in [1.807, 2.05) is 50.4 Å². The summed E-state index contributed by atoms with van der Waals surface area (Å²) >= 11 is 6.05. The molecule has 3 aromatic carbocycles. The zero-order chi connectivity index (χ0) is 28.8. The summed E-state index contributed by atoms with van der Waals surface area (Å²) in [5.41, 5.74) is 4.14. The van der Waals surface area contributed by atoms with Crippen LogP contribution in [0.2, 0.25) is 5.02 Å². The van der Waals surface area contributed by atoms with E-state index in [2.05, 4.69) is 10.3 Å². The minimum atomic E-state index is -1.04. The van der Waals surface area contributed by atoms with E-state index < -0.39 is 18.1 Å². The van der Waals surface area contributed by atoms with Gasteiger partial charge in [0.15, 0.2) is 0 Å². The Bertz CT molecular complexity index is 1490. The van der Waals surface area contributed by atoms with Crippen LogP contribution in [0.25, 0.3) is 11.1 Å². The quantitative estimate of drug-likeness (QED) is 0.255. The fourth-order valence-corrected chi connectivity index (χ4v) is 4.11. The van der Waals surface area contributed by atoms with Gasteiger partial charge in [-0.2, -0.15) is 4.98 Å². The van der Waals surface area contributed by atoms with Crippen LogP contribution in [0.4, 0.5) is 22.2 Å². The second-order valence-electron chi connectivity index (χ2n) is 9.43. The molecule has 1 amide bonds. The van der Waals surface area contributed by atoms with Gasteiger partial charge in [-0.05, 0) is 60.0 Å². The smallest absolute Gasteiger partial charge is 0.414 e. The minimum absolute atomic E-state index is 0.164. The number of halogens is 1. The maximum absolute atomic E-state index is 12.4. The topological polar surface area (TPSA) is 108 Å². The molecule has 0 aliphatic rings. The lowest BCUT2D eigenvalue weighted by molar-refractivity contribution is -0.137. The summed E-state index contributed by atoms with van der Waals surface area (Å²) in [6, 6.07) is 20.8. The third-order valence-electron chi connectivity index (χ3n) is 6.27. The molecule has 0 spiro atoms. The van der Waals surface area contributed by atoms with Crippen LogP contribution in [0.1, 0.15) is 11.1 Å². The first kappa shape index (κ1) is 28.4. The van der Waals surface area contributed by atoms with Crippen molar-refractivity contribution in [3.8, 4) is 16.9 Å². The zero-order valence-corrected chi connectivity index (χ0v) is 23.4. The average Bonchev–Trinajstić information content (AvgIpc) is 2.94. The highest BCUT2D eigenvalue weighted by Gasteiger charge is 2.23. The normalized spacial score (nSPS) is 11.4. The number of aliphatic carboxylic acids is 1. The molecule has 0 fully saturated rings. The lowest BCUT2D eigenvalue weighted by Gasteiger charge is -2.22. The number of aromatic nitrogens is 2. The Morgan fingerprint density at radius 1 is 0.975 bits per heavy atom. The fraction of sp³-hybridized carbons (Fsp3) is 0.200. The van der Waals surface area contributed by atoms with Gasteiger partial charge in [0, 0.05) is 50.0 Å². The number of hydrogen-bond acceptors (Lipinski definition) is 7. The van der Waals surface area contributed by atoms with Gasteiger partial charge in [0.1, 0.15) is 17.6 Å². The molecule has 4 rings (SSSR count). The van der Waals surface area contributed by atoms with Crippen molar-refractivity contribution in [2.75, 3.05) is 31.4 Å². The first-order valence-corrected chi connectivity index (χ1v) is 12.9. The second kappa shape index (κ2) is 12.5. The first-order chi connectivity index (χ1) is 19.1. The molecule has 1 atom stereocenters. The maximum atomic E-state index is 12.4. The summed E-state index contributed by atoms with van der Waals surface area (Å²) in [6.07, 6.45) is 1.37. The highest BCUT2D eigenvalue weighted by Crippen LogP contribution is 2.32. The molecule has 0 unspecified atom stereocenters. The van der Waals surface area contributed by atoms with Crippen molar-refractivity contribution >= 4 is 41.1 Å². The molecule has 40 heavy (non-hydrogen) atoms. The van der Waals surface area contributed by atoms with E-state index in [9.17, 15) is 14.7 Å². The van der Waals surface area contributed by atoms with E-state index in [1.165, 1.54) is 4.90 Å². The number of nitrogens with one attached hydrogen (secondary N) is 1. The Morgan fingerprint density at radius 3 is 2.27 bits per heavy atom. The molecule has 0 radical (unpaired) electrons. The van der Waals surface area contributed by atoms with Crippen LogP contribution in [0.5, 0.6) is 5.75 Å². The Balaban J connectivity index is 1.65. The van der Waals surface area contributed by atoms with Crippen LogP contribution in [0.3, 0.4) is 0 Å². The predicted molar refractivity (Wildman–Crippen MR) is 157 cm³/mol. The van der Waals surface area contributed by atoms with E-state index in [0.717, 1.165) is 22.4 Å². The Hall–Kier alpha value is -4.63. The van der Waals surface area contributed by atoms with Crippen LogP contribution < -0.4 is 15.0 Å². The number of carbonyl (C=O) groups is 2. The second-order valence-corrected chi connectivity index (χ2v) is 9.86. The highest BCUT2D eigenvalue weighted by molar-refractivity contribution is 6.30. The number of carbonyl (C=O) groups excluding carboxylic acids is 1. The van der Waals surface area contributed by atoms with Gasteiger partial charge in [-0.15, -0.1) is 0 Å². The number of ether oxygens (including phenoxy) is 1. The Kier molecular flexibility index (Phi) is 8.86. The Labute approximate surface area is 238 Å². The molecule has 4 aromatic rings. The number of rotatable bonds is 9. The van der Waals surface area contributed by atoms with Crippen molar-refractivity contribution in [3.63, 3.8) is 0 Å². The minimum Gasteiger partial charge on any atom is -0.480 e. The molecule has 0 saturated heterocycles. The summed E-state index contributed by atoms with van der Waals surface area (Å²) < 4.78 is 5.26. The van der Waals surface area contributed by atoms with Gasteiger partial charge in [0.05, 0.1) is 0 Å². The van der Waals surface area contributed by atoms with Gasteiger partial charge in [-0.3, -0.25) is 0 Å². The van der Waals surface area contributed by atoms with Crippen LogP contribution in [-0.2, 0) is 11.2 Å². The van der Waals surface area contributed by atoms with Crippen LogP contribution in [-0.4, -0.2) is 59.2 Å². The van der Waals surface area contributed by atoms with Crippen molar-refractivity contribution in [1.29, 1.82) is 0 Å².